The first kappa shape index (κ1) is 15.6. The Morgan fingerprint density at radius 2 is 2.10 bits per heavy atom. The first-order valence-corrected chi connectivity index (χ1v) is 6.68. The van der Waals surface area contributed by atoms with Crippen molar-refractivity contribution in [2.45, 2.75) is 13.1 Å². The Morgan fingerprint density at radius 1 is 1.43 bits per heavy atom. The van der Waals surface area contributed by atoms with Gasteiger partial charge in [0.1, 0.15) is 10.6 Å². The Hall–Kier alpha value is -1.80. The zero-order chi connectivity index (χ0) is 15.8. The summed E-state index contributed by atoms with van der Waals surface area (Å²) >= 11 is 6.36. The molecule has 0 saturated heterocycles. The van der Waals surface area contributed by atoms with Crippen LogP contribution in [-0.4, -0.2) is 15.4 Å². The van der Waals surface area contributed by atoms with Crippen molar-refractivity contribution in [3.8, 4) is 0 Å². The van der Waals surface area contributed by atoms with Crippen LogP contribution < -0.4 is 5.32 Å². The molecule has 0 aliphatic heterocycles. The normalized spacial score (nSPS) is 11.5. The van der Waals surface area contributed by atoms with Crippen LogP contribution in [0.3, 0.4) is 0 Å². The third-order valence-corrected chi connectivity index (χ3v) is 3.70. The molecule has 0 spiro atoms. The van der Waals surface area contributed by atoms with Crippen molar-refractivity contribution in [1.29, 1.82) is 0 Å². The molecule has 1 aromatic heterocycles. The highest BCUT2D eigenvalue weighted by Gasteiger charge is 2.34. The van der Waals surface area contributed by atoms with E-state index in [9.17, 15) is 18.0 Å². The van der Waals surface area contributed by atoms with Gasteiger partial charge in [-0.25, -0.2) is 4.79 Å². The minimum absolute atomic E-state index is 0.0350. The third-order valence-electron chi connectivity index (χ3n) is 2.61. The fourth-order valence-corrected chi connectivity index (χ4v) is 2.66. The van der Waals surface area contributed by atoms with E-state index in [2.05, 4.69) is 9.69 Å². The van der Waals surface area contributed by atoms with E-state index in [1.54, 1.807) is 0 Å². The number of carboxylic acid groups (broad SMARTS) is 1. The minimum atomic E-state index is -4.61. The van der Waals surface area contributed by atoms with Gasteiger partial charge in [0.15, 0.2) is 0 Å². The number of alkyl halides is 3. The summed E-state index contributed by atoms with van der Waals surface area (Å²) in [7, 11) is 0. The maximum atomic E-state index is 13.0. The molecule has 0 atom stereocenters. The number of aromatic nitrogens is 1. The number of rotatable bonds is 3. The molecule has 1 aromatic carbocycles. The lowest BCUT2D eigenvalue weighted by Gasteiger charge is -2.14. The van der Waals surface area contributed by atoms with Gasteiger partial charge in [0.05, 0.1) is 16.9 Å². The highest BCUT2D eigenvalue weighted by atomic mass is 35.5. The molecule has 0 amide bonds. The van der Waals surface area contributed by atoms with Crippen LogP contribution >= 0.6 is 23.1 Å². The van der Waals surface area contributed by atoms with Crippen LogP contribution in [0, 0.1) is 6.92 Å². The number of nitrogens with one attached hydrogen (secondary N) is 1. The average Bonchev–Trinajstić information content (AvgIpc) is 2.71. The number of halogens is 4. The van der Waals surface area contributed by atoms with Crippen LogP contribution in [0.2, 0.25) is 5.02 Å². The molecule has 0 aliphatic rings. The van der Waals surface area contributed by atoms with Crippen molar-refractivity contribution in [2.24, 2.45) is 0 Å². The predicted octanol–water partition coefficient (Wildman–Crippen LogP) is 4.57. The third kappa shape index (κ3) is 3.27. The Bertz CT molecular complexity index is 700. The predicted molar refractivity (Wildman–Crippen MR) is 73.5 cm³/mol. The largest absolute Gasteiger partial charge is 0.478 e. The van der Waals surface area contributed by atoms with Gasteiger partial charge >= 0.3 is 12.1 Å². The summed E-state index contributed by atoms with van der Waals surface area (Å²) < 4.78 is 42.7. The van der Waals surface area contributed by atoms with Gasteiger partial charge in [0.25, 0.3) is 0 Å². The van der Waals surface area contributed by atoms with Gasteiger partial charge in [-0.15, -0.1) is 0 Å². The Labute approximate surface area is 126 Å². The summed E-state index contributed by atoms with van der Waals surface area (Å²) in [6, 6.07) is 3.21. The van der Waals surface area contributed by atoms with Crippen molar-refractivity contribution in [3.63, 3.8) is 0 Å². The zero-order valence-electron chi connectivity index (χ0n) is 10.5. The molecule has 2 rings (SSSR count). The monoisotopic (exact) mass is 336 g/mol. The second-order valence-electron chi connectivity index (χ2n) is 4.09. The van der Waals surface area contributed by atoms with Crippen LogP contribution in [-0.2, 0) is 6.18 Å². The Morgan fingerprint density at radius 3 is 2.67 bits per heavy atom. The molecule has 2 N–H and O–H groups in total. The second-order valence-corrected chi connectivity index (χ2v) is 5.30. The second kappa shape index (κ2) is 5.53. The van der Waals surface area contributed by atoms with Gasteiger partial charge in [0.2, 0.25) is 0 Å². The number of carbonyl (C=O) groups is 1. The summed E-state index contributed by atoms with van der Waals surface area (Å²) in [5.41, 5.74) is -1.17. The molecule has 4 nitrogen and oxygen atoms in total. The van der Waals surface area contributed by atoms with Crippen molar-refractivity contribution < 1.29 is 23.1 Å². The van der Waals surface area contributed by atoms with E-state index in [1.807, 2.05) is 0 Å². The number of anilines is 2. The molecule has 0 aliphatic carbocycles. The van der Waals surface area contributed by atoms with Crippen LogP contribution in [0.15, 0.2) is 18.2 Å². The van der Waals surface area contributed by atoms with E-state index < -0.39 is 17.7 Å². The standard InChI is InChI=1S/C12H8ClF3N2O2S/c1-5-9(11(19)20)10(21-18-5)17-8-3-2-6(13)4-7(8)12(14,15)16/h2-4,17H,1H3,(H,19,20). The topological polar surface area (TPSA) is 62.2 Å². The Kier molecular flexibility index (Phi) is 4.11. The molecule has 21 heavy (non-hydrogen) atoms. The van der Waals surface area contributed by atoms with E-state index in [4.69, 9.17) is 16.7 Å². The molecule has 112 valence electrons. The maximum absolute atomic E-state index is 13.0. The minimum Gasteiger partial charge on any atom is -0.478 e. The molecule has 0 fully saturated rings. The highest BCUT2D eigenvalue weighted by molar-refractivity contribution is 7.10. The number of benzene rings is 1. The average molecular weight is 337 g/mol. The van der Waals surface area contributed by atoms with Crippen LogP contribution in [0.25, 0.3) is 0 Å². The van der Waals surface area contributed by atoms with Crippen LogP contribution in [0.5, 0.6) is 0 Å². The number of aromatic carboxylic acids is 1. The highest BCUT2D eigenvalue weighted by Crippen LogP contribution is 2.39. The summed E-state index contributed by atoms with van der Waals surface area (Å²) in [6.45, 7) is 1.47. The smallest absolute Gasteiger partial charge is 0.418 e. The van der Waals surface area contributed by atoms with Gasteiger partial charge in [0, 0.05) is 5.02 Å². The van der Waals surface area contributed by atoms with Crippen molar-refractivity contribution in [3.05, 3.63) is 40.0 Å². The number of hydrogen-bond acceptors (Lipinski definition) is 4. The summed E-state index contributed by atoms with van der Waals surface area (Å²) in [4.78, 5) is 11.1. The van der Waals surface area contributed by atoms with E-state index >= 15 is 0 Å². The molecule has 9 heteroatoms. The first-order valence-electron chi connectivity index (χ1n) is 5.53. The number of aryl methyl sites for hydroxylation is 1. The van der Waals surface area contributed by atoms with E-state index in [0.29, 0.717) is 0 Å². The Balaban J connectivity index is 2.48. The summed E-state index contributed by atoms with van der Waals surface area (Å²) in [5.74, 6) is -1.26. The number of nitrogens with zero attached hydrogens (tertiary/aromatic N) is 1. The SMILES string of the molecule is Cc1nsc(Nc2ccc(Cl)cc2C(F)(F)F)c1C(=O)O. The van der Waals surface area contributed by atoms with Gasteiger partial charge in [-0.05, 0) is 36.7 Å². The zero-order valence-corrected chi connectivity index (χ0v) is 12.0. The molecule has 0 unspecified atom stereocenters. The molecule has 0 radical (unpaired) electrons. The lowest BCUT2D eigenvalue weighted by molar-refractivity contribution is -0.136. The maximum Gasteiger partial charge on any atom is 0.418 e. The van der Waals surface area contributed by atoms with E-state index in [1.165, 1.54) is 13.0 Å². The molecule has 0 saturated carbocycles. The van der Waals surface area contributed by atoms with Crippen molar-refractivity contribution >= 4 is 39.8 Å². The lowest BCUT2D eigenvalue weighted by atomic mass is 10.1. The molecule has 0 bridgehead atoms. The molecular weight excluding hydrogens is 329 g/mol. The fraction of sp³-hybridized carbons (Fsp3) is 0.167. The number of carboxylic acids is 1. The van der Waals surface area contributed by atoms with Crippen molar-refractivity contribution in [2.75, 3.05) is 5.32 Å². The molecule has 2 aromatic rings. The van der Waals surface area contributed by atoms with Crippen molar-refractivity contribution in [1.82, 2.24) is 4.37 Å². The van der Waals surface area contributed by atoms with Crippen LogP contribution in [0.4, 0.5) is 23.9 Å². The van der Waals surface area contributed by atoms with Gasteiger partial charge < -0.3 is 10.4 Å². The summed E-state index contributed by atoms with van der Waals surface area (Å²) in [5, 5.41) is 11.5. The van der Waals surface area contributed by atoms with Gasteiger partial charge in [-0.3, -0.25) is 0 Å². The van der Waals surface area contributed by atoms with Gasteiger partial charge in [-0.1, -0.05) is 11.6 Å². The lowest BCUT2D eigenvalue weighted by Crippen LogP contribution is -2.09. The quantitative estimate of drug-likeness (QED) is 0.862. The molecular formula is C12H8ClF3N2O2S. The van der Waals surface area contributed by atoms with Gasteiger partial charge in [-0.2, -0.15) is 17.5 Å². The molecule has 1 heterocycles. The van der Waals surface area contributed by atoms with E-state index in [-0.39, 0.29) is 27.0 Å². The number of hydrogen-bond donors (Lipinski definition) is 2. The van der Waals surface area contributed by atoms with Crippen LogP contribution in [0.1, 0.15) is 21.6 Å². The fourth-order valence-electron chi connectivity index (χ4n) is 1.69. The van der Waals surface area contributed by atoms with E-state index in [0.717, 1.165) is 23.7 Å². The first-order chi connectivity index (χ1) is 9.70. The summed E-state index contributed by atoms with van der Waals surface area (Å²) in [6.07, 6.45) is -4.61.